The van der Waals surface area contributed by atoms with E-state index in [2.05, 4.69) is 20.3 Å². The molecule has 0 radical (unpaired) electrons. The van der Waals surface area contributed by atoms with Gasteiger partial charge in [0.05, 0.1) is 17.9 Å². The molecule has 0 spiro atoms. The van der Waals surface area contributed by atoms with Gasteiger partial charge in [0.25, 0.3) is 11.8 Å². The van der Waals surface area contributed by atoms with Crippen LogP contribution in [0.2, 0.25) is 0 Å². The van der Waals surface area contributed by atoms with Crippen molar-refractivity contribution in [3.05, 3.63) is 35.8 Å². The number of anilines is 1. The molecule has 3 rings (SSSR count). The third kappa shape index (κ3) is 4.28. The van der Waals surface area contributed by atoms with Gasteiger partial charge in [-0.15, -0.1) is 0 Å². The first kappa shape index (κ1) is 19.7. The van der Waals surface area contributed by atoms with E-state index in [9.17, 15) is 9.59 Å². The van der Waals surface area contributed by atoms with Crippen LogP contribution in [0, 0.1) is 0 Å². The van der Waals surface area contributed by atoms with Crippen molar-refractivity contribution in [2.24, 2.45) is 0 Å². The molecule has 1 fully saturated rings. The van der Waals surface area contributed by atoms with E-state index in [1.54, 1.807) is 23.1 Å². The standard InChI is InChI=1S/C18H24N6O4/c1-23(2)18-20-8-13(16(25)19-5-7-27-3)15(22-18)12-4-6-24(9-12)17(26)14-10-28-11-21-14/h8,10-12H,4-7,9H2,1-3H3,(H,19,25). The van der Waals surface area contributed by atoms with Gasteiger partial charge in [-0.2, -0.15) is 0 Å². The van der Waals surface area contributed by atoms with Crippen molar-refractivity contribution >= 4 is 17.8 Å². The van der Waals surface area contributed by atoms with Crippen LogP contribution >= 0.6 is 0 Å². The Kier molecular flexibility index (Phi) is 6.19. The summed E-state index contributed by atoms with van der Waals surface area (Å²) in [4.78, 5) is 41.4. The van der Waals surface area contributed by atoms with Gasteiger partial charge in [-0.25, -0.2) is 15.0 Å². The van der Waals surface area contributed by atoms with E-state index in [-0.39, 0.29) is 23.4 Å². The van der Waals surface area contributed by atoms with Crippen LogP contribution in [0.1, 0.15) is 38.9 Å². The molecule has 1 N–H and O–H groups in total. The minimum atomic E-state index is -0.251. The molecule has 2 aromatic rings. The van der Waals surface area contributed by atoms with Crippen LogP contribution in [0.25, 0.3) is 0 Å². The van der Waals surface area contributed by atoms with Gasteiger partial charge in [0.15, 0.2) is 12.1 Å². The SMILES string of the molecule is COCCNC(=O)c1cnc(N(C)C)nc1C1CCN(C(=O)c2cocn2)C1. The van der Waals surface area contributed by atoms with Gasteiger partial charge in [0.2, 0.25) is 5.95 Å². The summed E-state index contributed by atoms with van der Waals surface area (Å²) in [7, 11) is 5.25. The van der Waals surface area contributed by atoms with Gasteiger partial charge in [-0.3, -0.25) is 9.59 Å². The maximum atomic E-state index is 12.6. The number of hydrogen-bond donors (Lipinski definition) is 1. The highest BCUT2D eigenvalue weighted by atomic mass is 16.5. The van der Waals surface area contributed by atoms with E-state index in [0.29, 0.717) is 49.9 Å². The first-order valence-corrected chi connectivity index (χ1v) is 9.00. The van der Waals surface area contributed by atoms with Crippen molar-refractivity contribution in [1.82, 2.24) is 25.2 Å². The van der Waals surface area contributed by atoms with Crippen LogP contribution in [0.3, 0.4) is 0 Å². The minimum Gasteiger partial charge on any atom is -0.451 e. The molecule has 150 valence electrons. The number of nitrogens with zero attached hydrogens (tertiary/aromatic N) is 5. The summed E-state index contributed by atoms with van der Waals surface area (Å²) < 4.78 is 9.87. The number of likely N-dealkylation sites (tertiary alicyclic amines) is 1. The second-order valence-electron chi connectivity index (χ2n) is 6.72. The Morgan fingerprint density at radius 3 is 2.89 bits per heavy atom. The topological polar surface area (TPSA) is 114 Å². The summed E-state index contributed by atoms with van der Waals surface area (Å²) in [5.41, 5.74) is 1.33. The molecular weight excluding hydrogens is 364 g/mol. The van der Waals surface area contributed by atoms with E-state index in [1.165, 1.54) is 12.7 Å². The summed E-state index contributed by atoms with van der Waals surface area (Å²) in [6.07, 6.45) is 4.81. The molecule has 10 heteroatoms. The van der Waals surface area contributed by atoms with Gasteiger partial charge in [0, 0.05) is 53.0 Å². The largest absolute Gasteiger partial charge is 0.451 e. The summed E-state index contributed by atoms with van der Waals surface area (Å²) in [5.74, 6) is 0.00770. The summed E-state index contributed by atoms with van der Waals surface area (Å²) >= 11 is 0. The van der Waals surface area contributed by atoms with Crippen LogP contribution < -0.4 is 10.2 Å². The molecule has 1 atom stereocenters. The monoisotopic (exact) mass is 388 g/mol. The Morgan fingerprint density at radius 2 is 2.21 bits per heavy atom. The Morgan fingerprint density at radius 1 is 1.39 bits per heavy atom. The number of amides is 2. The van der Waals surface area contributed by atoms with Crippen molar-refractivity contribution in [3.63, 3.8) is 0 Å². The maximum absolute atomic E-state index is 12.6. The van der Waals surface area contributed by atoms with Crippen molar-refractivity contribution in [3.8, 4) is 0 Å². The van der Waals surface area contributed by atoms with Crippen LogP contribution in [0.15, 0.2) is 23.3 Å². The summed E-state index contributed by atoms with van der Waals surface area (Å²) in [5, 5.41) is 2.81. The number of hydrogen-bond acceptors (Lipinski definition) is 8. The molecule has 1 unspecified atom stereocenters. The molecule has 0 bridgehead atoms. The smallest absolute Gasteiger partial charge is 0.275 e. The van der Waals surface area contributed by atoms with E-state index < -0.39 is 0 Å². The lowest BCUT2D eigenvalue weighted by molar-refractivity contribution is 0.0785. The fraction of sp³-hybridized carbons (Fsp3) is 0.500. The second-order valence-corrected chi connectivity index (χ2v) is 6.72. The Balaban J connectivity index is 1.81. The van der Waals surface area contributed by atoms with Crippen LogP contribution in [-0.4, -0.2) is 79.1 Å². The van der Waals surface area contributed by atoms with E-state index in [1.807, 2.05) is 14.1 Å². The zero-order chi connectivity index (χ0) is 20.1. The molecule has 2 amide bonds. The van der Waals surface area contributed by atoms with Crippen molar-refractivity contribution in [2.75, 3.05) is 52.3 Å². The lowest BCUT2D eigenvalue weighted by atomic mass is 9.99. The van der Waals surface area contributed by atoms with E-state index in [4.69, 9.17) is 9.15 Å². The molecule has 0 aromatic carbocycles. The molecule has 28 heavy (non-hydrogen) atoms. The number of methoxy groups -OCH3 is 1. The van der Waals surface area contributed by atoms with Crippen LogP contribution in [-0.2, 0) is 4.74 Å². The van der Waals surface area contributed by atoms with Gasteiger partial charge in [0.1, 0.15) is 6.26 Å². The van der Waals surface area contributed by atoms with Crippen molar-refractivity contribution in [1.29, 1.82) is 0 Å². The van der Waals surface area contributed by atoms with Gasteiger partial charge in [-0.05, 0) is 6.42 Å². The minimum absolute atomic E-state index is 0.0688. The number of aromatic nitrogens is 3. The number of carbonyl (C=O) groups excluding carboxylic acids is 2. The number of oxazole rings is 1. The Hall–Kier alpha value is -3.01. The molecule has 1 saturated heterocycles. The molecule has 3 heterocycles. The quantitative estimate of drug-likeness (QED) is 0.684. The lowest BCUT2D eigenvalue weighted by Gasteiger charge is -2.18. The lowest BCUT2D eigenvalue weighted by Crippen LogP contribution is -2.31. The summed E-state index contributed by atoms with van der Waals surface area (Å²) in [6, 6.07) is 0. The molecule has 0 aliphatic carbocycles. The Labute approximate surface area is 162 Å². The summed E-state index contributed by atoms with van der Waals surface area (Å²) in [6.45, 7) is 1.82. The average Bonchev–Trinajstić information content (AvgIpc) is 3.39. The molecular formula is C18H24N6O4. The van der Waals surface area contributed by atoms with E-state index in [0.717, 1.165) is 0 Å². The molecule has 1 aliphatic heterocycles. The van der Waals surface area contributed by atoms with Gasteiger partial charge >= 0.3 is 0 Å². The van der Waals surface area contributed by atoms with E-state index >= 15 is 0 Å². The molecule has 1 aliphatic rings. The zero-order valence-electron chi connectivity index (χ0n) is 16.2. The third-order valence-electron chi connectivity index (χ3n) is 4.56. The number of carbonyl (C=O) groups is 2. The first-order valence-electron chi connectivity index (χ1n) is 9.00. The number of ether oxygens (including phenoxy) is 1. The number of nitrogens with one attached hydrogen (secondary N) is 1. The van der Waals surface area contributed by atoms with Gasteiger partial charge in [-0.1, -0.05) is 0 Å². The van der Waals surface area contributed by atoms with Crippen LogP contribution in [0.5, 0.6) is 0 Å². The molecule has 10 nitrogen and oxygen atoms in total. The zero-order valence-corrected chi connectivity index (χ0v) is 16.2. The Bertz CT molecular complexity index is 823. The highest BCUT2D eigenvalue weighted by Crippen LogP contribution is 2.30. The third-order valence-corrected chi connectivity index (χ3v) is 4.56. The fourth-order valence-corrected chi connectivity index (χ4v) is 3.10. The normalized spacial score (nSPS) is 16.2. The molecule has 0 saturated carbocycles. The van der Waals surface area contributed by atoms with Crippen molar-refractivity contribution in [2.45, 2.75) is 12.3 Å². The predicted octanol–water partition coefficient (Wildman–Crippen LogP) is 0.537. The first-order chi connectivity index (χ1) is 13.5. The maximum Gasteiger partial charge on any atom is 0.275 e. The highest BCUT2D eigenvalue weighted by molar-refractivity contribution is 5.95. The number of rotatable bonds is 7. The fourth-order valence-electron chi connectivity index (χ4n) is 3.10. The van der Waals surface area contributed by atoms with Crippen molar-refractivity contribution < 1.29 is 18.7 Å². The van der Waals surface area contributed by atoms with Gasteiger partial charge < -0.3 is 24.3 Å². The predicted molar refractivity (Wildman–Crippen MR) is 100 cm³/mol. The molecule has 2 aromatic heterocycles. The highest BCUT2D eigenvalue weighted by Gasteiger charge is 2.32. The average molecular weight is 388 g/mol. The van der Waals surface area contributed by atoms with Crippen LogP contribution in [0.4, 0.5) is 5.95 Å². The second kappa shape index (κ2) is 8.79.